The highest BCUT2D eigenvalue weighted by atomic mass is 16.5. The van der Waals surface area contributed by atoms with E-state index in [0.29, 0.717) is 24.0 Å². The fourth-order valence-electron chi connectivity index (χ4n) is 4.23. The molecule has 2 aromatic heterocycles. The minimum absolute atomic E-state index is 0.294. The maximum atomic E-state index is 12.1. The molecule has 0 radical (unpaired) electrons. The summed E-state index contributed by atoms with van der Waals surface area (Å²) in [5.41, 5.74) is 8.45. The number of hydrogen-bond donors (Lipinski definition) is 1. The molecule has 0 saturated carbocycles. The van der Waals surface area contributed by atoms with E-state index in [1.165, 1.54) is 11.1 Å². The largest absolute Gasteiger partial charge is 0.489 e. The van der Waals surface area contributed by atoms with E-state index in [2.05, 4.69) is 62.2 Å². The van der Waals surface area contributed by atoms with Gasteiger partial charge < -0.3 is 4.74 Å². The van der Waals surface area contributed by atoms with Gasteiger partial charge in [0, 0.05) is 27.8 Å². The molecule has 4 aromatic rings. The lowest BCUT2D eigenvalue weighted by molar-refractivity contribution is 0.112. The number of rotatable bonds is 7. The fraction of sp³-hybridized carbons (Fsp3) is 0.321. The van der Waals surface area contributed by atoms with Crippen molar-refractivity contribution in [3.8, 4) is 17.0 Å². The molecular formula is C28H31N3O2. The van der Waals surface area contributed by atoms with E-state index in [4.69, 9.17) is 9.72 Å². The Hall–Kier alpha value is -3.47. The first-order valence-electron chi connectivity index (χ1n) is 11.5. The number of pyridine rings is 1. The number of fused-ring (bicyclic) bond motifs is 1. The fourth-order valence-corrected chi connectivity index (χ4v) is 4.23. The van der Waals surface area contributed by atoms with Crippen LogP contribution in [0.5, 0.6) is 5.75 Å². The van der Waals surface area contributed by atoms with Crippen LogP contribution in [0.3, 0.4) is 0 Å². The second kappa shape index (κ2) is 9.18. The Balaban J connectivity index is 1.75. The van der Waals surface area contributed by atoms with Crippen molar-refractivity contribution in [2.45, 2.75) is 60.0 Å². The number of aromatic nitrogens is 3. The highest BCUT2D eigenvalue weighted by Crippen LogP contribution is 2.35. The van der Waals surface area contributed by atoms with Crippen molar-refractivity contribution >= 4 is 17.2 Å². The summed E-state index contributed by atoms with van der Waals surface area (Å²) in [5, 5.41) is 8.27. The van der Waals surface area contributed by atoms with E-state index in [0.717, 1.165) is 51.0 Å². The molecule has 2 aromatic carbocycles. The lowest BCUT2D eigenvalue weighted by Crippen LogP contribution is -2.07. The molecule has 0 aliphatic heterocycles. The van der Waals surface area contributed by atoms with Crippen molar-refractivity contribution in [3.05, 3.63) is 76.1 Å². The smallest absolute Gasteiger partial charge is 0.150 e. The van der Waals surface area contributed by atoms with Crippen molar-refractivity contribution < 1.29 is 9.53 Å². The third-order valence-corrected chi connectivity index (χ3v) is 6.28. The molecule has 0 unspecified atom stereocenters. The van der Waals surface area contributed by atoms with Crippen LogP contribution in [0.4, 0.5) is 0 Å². The van der Waals surface area contributed by atoms with Crippen LogP contribution < -0.4 is 4.74 Å². The summed E-state index contributed by atoms with van der Waals surface area (Å²) in [6, 6.07) is 12.3. The molecule has 5 nitrogen and oxygen atoms in total. The first-order valence-corrected chi connectivity index (χ1v) is 11.5. The van der Waals surface area contributed by atoms with Crippen LogP contribution in [0.25, 0.3) is 22.2 Å². The Labute approximate surface area is 195 Å². The van der Waals surface area contributed by atoms with Gasteiger partial charge in [-0.2, -0.15) is 5.10 Å². The van der Waals surface area contributed by atoms with Crippen LogP contribution >= 0.6 is 0 Å². The van der Waals surface area contributed by atoms with Crippen molar-refractivity contribution in [1.29, 1.82) is 0 Å². The van der Waals surface area contributed by atoms with Crippen LogP contribution in [0.1, 0.15) is 77.8 Å². The molecule has 5 heteroatoms. The number of carbonyl (C=O) groups excluding carboxylic acids is 1. The van der Waals surface area contributed by atoms with Gasteiger partial charge in [-0.25, -0.2) is 0 Å². The predicted octanol–water partition coefficient (Wildman–Crippen LogP) is 6.88. The SMILES string of the molecule is Cc1ccc(C(C)C)cc1OCc1c(C=O)cc(-c2c(C(C)C)ccc3[nH]ncc23)nc1C. The number of carbonyl (C=O) groups is 1. The number of aryl methyl sites for hydroxylation is 2. The molecule has 4 rings (SSSR count). The maximum absolute atomic E-state index is 12.1. The average Bonchev–Trinajstić information content (AvgIpc) is 3.26. The zero-order valence-electron chi connectivity index (χ0n) is 20.2. The van der Waals surface area contributed by atoms with Crippen LogP contribution in [-0.4, -0.2) is 21.5 Å². The number of hydrogen-bond acceptors (Lipinski definition) is 4. The van der Waals surface area contributed by atoms with Gasteiger partial charge in [0.25, 0.3) is 0 Å². The van der Waals surface area contributed by atoms with E-state index in [9.17, 15) is 4.79 Å². The number of H-pyrrole nitrogens is 1. The zero-order valence-corrected chi connectivity index (χ0v) is 20.2. The second-order valence-corrected chi connectivity index (χ2v) is 9.26. The first-order chi connectivity index (χ1) is 15.8. The normalized spacial score (nSPS) is 11.5. The van der Waals surface area contributed by atoms with Crippen molar-refractivity contribution in [2.75, 3.05) is 0 Å². The molecule has 33 heavy (non-hydrogen) atoms. The van der Waals surface area contributed by atoms with Gasteiger partial charge in [-0.05, 0) is 60.6 Å². The van der Waals surface area contributed by atoms with Crippen molar-refractivity contribution in [1.82, 2.24) is 15.2 Å². The molecule has 0 amide bonds. The second-order valence-electron chi connectivity index (χ2n) is 9.26. The topological polar surface area (TPSA) is 67.9 Å². The highest BCUT2D eigenvalue weighted by Gasteiger charge is 2.18. The van der Waals surface area contributed by atoms with Gasteiger partial charge in [-0.1, -0.05) is 45.9 Å². The van der Waals surface area contributed by atoms with Gasteiger partial charge in [0.2, 0.25) is 0 Å². The van der Waals surface area contributed by atoms with Crippen LogP contribution in [-0.2, 0) is 6.61 Å². The Morgan fingerprint density at radius 2 is 1.82 bits per heavy atom. The van der Waals surface area contributed by atoms with Gasteiger partial charge in [0.05, 0.1) is 17.4 Å². The predicted molar refractivity (Wildman–Crippen MR) is 133 cm³/mol. The summed E-state index contributed by atoms with van der Waals surface area (Å²) in [4.78, 5) is 17.0. The monoisotopic (exact) mass is 441 g/mol. The van der Waals surface area contributed by atoms with Gasteiger partial charge in [0.15, 0.2) is 6.29 Å². The minimum atomic E-state index is 0.294. The van der Waals surface area contributed by atoms with Crippen LogP contribution in [0, 0.1) is 13.8 Å². The molecular weight excluding hydrogens is 410 g/mol. The lowest BCUT2D eigenvalue weighted by Gasteiger charge is -2.17. The van der Waals surface area contributed by atoms with Crippen molar-refractivity contribution in [3.63, 3.8) is 0 Å². The molecule has 0 bridgehead atoms. The number of aldehydes is 1. The molecule has 0 aliphatic carbocycles. The third-order valence-electron chi connectivity index (χ3n) is 6.28. The number of nitrogens with zero attached hydrogens (tertiary/aromatic N) is 2. The summed E-state index contributed by atoms with van der Waals surface area (Å²) in [6.45, 7) is 12.9. The van der Waals surface area contributed by atoms with Crippen LogP contribution in [0.15, 0.2) is 42.6 Å². The standard InChI is InChI=1S/C28H31N3O2/c1-16(2)20-8-7-18(5)27(12-20)33-15-24-19(6)30-26(11-21(24)14-32)28-22(17(3)4)9-10-25-23(28)13-29-31-25/h7-14,16-17H,15H2,1-6H3,(H,29,31). The summed E-state index contributed by atoms with van der Waals surface area (Å²) in [7, 11) is 0. The van der Waals surface area contributed by atoms with Gasteiger partial charge in [-0.3, -0.25) is 14.9 Å². The van der Waals surface area contributed by atoms with Gasteiger partial charge in [-0.15, -0.1) is 0 Å². The average molecular weight is 442 g/mol. The van der Waals surface area contributed by atoms with E-state index in [1.807, 2.05) is 32.2 Å². The summed E-state index contributed by atoms with van der Waals surface area (Å²) in [6.07, 6.45) is 2.73. The lowest BCUT2D eigenvalue weighted by atomic mass is 9.91. The third kappa shape index (κ3) is 4.40. The minimum Gasteiger partial charge on any atom is -0.489 e. The van der Waals surface area contributed by atoms with E-state index < -0.39 is 0 Å². The maximum Gasteiger partial charge on any atom is 0.150 e. The Kier molecular flexibility index (Phi) is 6.32. The van der Waals surface area contributed by atoms with Crippen LogP contribution in [0.2, 0.25) is 0 Å². The Bertz CT molecular complexity index is 1320. The molecule has 0 saturated heterocycles. The Morgan fingerprint density at radius 3 is 2.52 bits per heavy atom. The summed E-state index contributed by atoms with van der Waals surface area (Å²) >= 11 is 0. The summed E-state index contributed by atoms with van der Waals surface area (Å²) in [5.74, 6) is 1.56. The number of benzene rings is 2. The Morgan fingerprint density at radius 1 is 1.03 bits per heavy atom. The van der Waals surface area contributed by atoms with E-state index in [-0.39, 0.29) is 0 Å². The number of ether oxygens (including phenoxy) is 1. The summed E-state index contributed by atoms with van der Waals surface area (Å²) < 4.78 is 6.19. The molecule has 0 spiro atoms. The number of nitrogens with one attached hydrogen (secondary N) is 1. The van der Waals surface area contributed by atoms with Gasteiger partial charge in [0.1, 0.15) is 12.4 Å². The molecule has 170 valence electrons. The molecule has 0 atom stereocenters. The molecule has 0 aliphatic rings. The highest BCUT2D eigenvalue weighted by molar-refractivity contribution is 5.96. The molecule has 2 heterocycles. The zero-order chi connectivity index (χ0) is 23.7. The number of aromatic amines is 1. The van der Waals surface area contributed by atoms with Gasteiger partial charge >= 0.3 is 0 Å². The van der Waals surface area contributed by atoms with E-state index in [1.54, 1.807) is 0 Å². The quantitative estimate of drug-likeness (QED) is 0.317. The molecule has 1 N–H and O–H groups in total. The molecule has 0 fully saturated rings. The van der Waals surface area contributed by atoms with E-state index >= 15 is 0 Å². The first kappa shape index (κ1) is 22.7. The van der Waals surface area contributed by atoms with Crippen molar-refractivity contribution in [2.24, 2.45) is 0 Å².